The zero-order valence-corrected chi connectivity index (χ0v) is 23.9. The number of benzene rings is 1. The van der Waals surface area contributed by atoms with Gasteiger partial charge in [-0.25, -0.2) is 19.6 Å². The molecule has 39 heavy (non-hydrogen) atoms. The fraction of sp³-hybridized carbons (Fsp3) is 0.519. The van der Waals surface area contributed by atoms with E-state index in [0.717, 1.165) is 6.42 Å². The van der Waals surface area contributed by atoms with Crippen molar-refractivity contribution in [2.45, 2.75) is 84.4 Å². The van der Waals surface area contributed by atoms with Gasteiger partial charge in [-0.3, -0.25) is 9.36 Å². The van der Waals surface area contributed by atoms with Crippen LogP contribution in [0.3, 0.4) is 0 Å². The second-order valence-electron chi connectivity index (χ2n) is 9.83. The Bertz CT molecular complexity index is 1270. The largest absolute Gasteiger partial charge is 0.352 e. The van der Waals surface area contributed by atoms with E-state index >= 15 is 0 Å². The Kier molecular flexibility index (Phi) is 9.94. The number of amides is 1. The minimum absolute atomic E-state index is 0.155. The van der Waals surface area contributed by atoms with Gasteiger partial charge in [-0.2, -0.15) is 5.26 Å². The molecular weight excluding hydrogens is 517 g/mol. The van der Waals surface area contributed by atoms with Crippen LogP contribution in [0.2, 0.25) is 0 Å². The van der Waals surface area contributed by atoms with Crippen molar-refractivity contribution in [3.05, 3.63) is 48.5 Å². The summed E-state index contributed by atoms with van der Waals surface area (Å²) in [7, 11) is -1.40. The van der Waals surface area contributed by atoms with Crippen LogP contribution in [0.1, 0.15) is 70.5 Å². The number of nitriles is 1. The number of carbonyl (C=O) groups excluding carboxylic acids is 1. The number of hydrogen-bond donors (Lipinski definition) is 1. The van der Waals surface area contributed by atoms with Crippen molar-refractivity contribution in [2.75, 3.05) is 11.9 Å². The molecule has 0 aliphatic carbocycles. The molecule has 1 fully saturated rings. The van der Waals surface area contributed by atoms with Crippen molar-refractivity contribution in [3.8, 4) is 6.07 Å². The molecule has 0 bridgehead atoms. The van der Waals surface area contributed by atoms with Crippen LogP contribution in [0.4, 0.5) is 5.82 Å². The first kappa shape index (κ1) is 29.0. The third kappa shape index (κ3) is 6.78. The summed E-state index contributed by atoms with van der Waals surface area (Å²) in [5, 5.41) is 11.9. The van der Waals surface area contributed by atoms with Crippen LogP contribution >= 0.6 is 8.53 Å². The zero-order valence-electron chi connectivity index (χ0n) is 23.0. The van der Waals surface area contributed by atoms with Crippen molar-refractivity contribution in [1.29, 1.82) is 5.26 Å². The van der Waals surface area contributed by atoms with E-state index in [1.54, 1.807) is 30.6 Å². The number of anilines is 1. The van der Waals surface area contributed by atoms with Crippen molar-refractivity contribution >= 4 is 31.4 Å². The number of hydrogen-bond acceptors (Lipinski definition) is 9. The minimum atomic E-state index is -1.40. The van der Waals surface area contributed by atoms with Gasteiger partial charge in [-0.15, -0.1) is 0 Å². The van der Waals surface area contributed by atoms with Gasteiger partial charge in [0.15, 0.2) is 17.0 Å². The third-order valence-electron chi connectivity index (χ3n) is 6.41. The second kappa shape index (κ2) is 13.4. The molecule has 12 heteroatoms. The quantitative estimate of drug-likeness (QED) is 0.230. The summed E-state index contributed by atoms with van der Waals surface area (Å²) in [6.45, 7) is 10.8. The molecule has 4 atom stereocenters. The Morgan fingerprint density at radius 2 is 1.97 bits per heavy atom. The third-order valence-corrected chi connectivity index (χ3v) is 8.56. The molecule has 11 nitrogen and oxygen atoms in total. The molecule has 4 rings (SSSR count). The highest BCUT2D eigenvalue weighted by atomic mass is 31.2. The molecule has 1 saturated heterocycles. The SMILES string of the molecule is CC[C@H]1O[C@@H](n2cnc3c(NC(=O)c4ccccc4)ncnc32)C[C@H]1OP(OCCC#N)N(C(C)C)C(C)C. The first-order chi connectivity index (χ1) is 18.8. The Labute approximate surface area is 230 Å². The van der Waals surface area contributed by atoms with Gasteiger partial charge in [0.05, 0.1) is 37.6 Å². The van der Waals surface area contributed by atoms with Gasteiger partial charge in [0, 0.05) is 24.1 Å². The highest BCUT2D eigenvalue weighted by Crippen LogP contribution is 2.50. The lowest BCUT2D eigenvalue weighted by Crippen LogP contribution is -2.35. The fourth-order valence-electron chi connectivity index (χ4n) is 4.68. The number of nitrogens with one attached hydrogen (secondary N) is 1. The molecule has 1 aliphatic rings. The van der Waals surface area contributed by atoms with E-state index in [9.17, 15) is 4.79 Å². The summed E-state index contributed by atoms with van der Waals surface area (Å²) in [5.41, 5.74) is 1.57. The summed E-state index contributed by atoms with van der Waals surface area (Å²) < 4.78 is 23.2. The fourth-order valence-corrected chi connectivity index (χ4v) is 6.44. The summed E-state index contributed by atoms with van der Waals surface area (Å²) in [4.78, 5) is 25.9. The lowest BCUT2D eigenvalue weighted by atomic mass is 10.1. The van der Waals surface area contributed by atoms with Gasteiger partial charge in [0.25, 0.3) is 14.4 Å². The summed E-state index contributed by atoms with van der Waals surface area (Å²) in [5.74, 6) is 0.0655. The predicted molar refractivity (Wildman–Crippen MR) is 149 cm³/mol. The molecule has 1 N–H and O–H groups in total. The molecule has 1 aliphatic heterocycles. The number of fused-ring (bicyclic) bond motifs is 1. The lowest BCUT2D eigenvalue weighted by Gasteiger charge is -2.37. The Morgan fingerprint density at radius 1 is 1.23 bits per heavy atom. The smallest absolute Gasteiger partial charge is 0.259 e. The van der Waals surface area contributed by atoms with Crippen LogP contribution in [-0.4, -0.2) is 61.0 Å². The second-order valence-corrected chi connectivity index (χ2v) is 11.2. The molecule has 1 amide bonds. The number of carbonyl (C=O) groups is 1. The van der Waals surface area contributed by atoms with Gasteiger partial charge in [-0.05, 0) is 46.2 Å². The maximum Gasteiger partial charge on any atom is 0.259 e. The summed E-state index contributed by atoms with van der Waals surface area (Å²) in [6, 6.07) is 11.5. The molecular formula is C27H36N7O4P. The average molecular weight is 554 g/mol. The summed E-state index contributed by atoms with van der Waals surface area (Å²) in [6.07, 6.45) is 3.97. The van der Waals surface area contributed by atoms with E-state index in [0.29, 0.717) is 42.0 Å². The predicted octanol–water partition coefficient (Wildman–Crippen LogP) is 5.44. The van der Waals surface area contributed by atoms with Gasteiger partial charge >= 0.3 is 0 Å². The average Bonchev–Trinajstić information content (AvgIpc) is 3.53. The van der Waals surface area contributed by atoms with Gasteiger partial charge < -0.3 is 19.1 Å². The zero-order chi connectivity index (χ0) is 27.9. The van der Waals surface area contributed by atoms with Crippen LogP contribution < -0.4 is 5.32 Å². The van der Waals surface area contributed by atoms with Crippen LogP contribution in [0.5, 0.6) is 0 Å². The Morgan fingerprint density at radius 3 is 2.64 bits per heavy atom. The molecule has 0 radical (unpaired) electrons. The van der Waals surface area contributed by atoms with Gasteiger partial charge in [0.1, 0.15) is 12.6 Å². The van der Waals surface area contributed by atoms with Crippen molar-refractivity contribution in [1.82, 2.24) is 24.2 Å². The molecule has 2 aromatic heterocycles. The number of nitrogens with zero attached hydrogens (tertiary/aromatic N) is 6. The van der Waals surface area contributed by atoms with E-state index in [-0.39, 0.29) is 36.4 Å². The first-order valence-electron chi connectivity index (χ1n) is 13.3. The Hall–Kier alpha value is -3.00. The Balaban J connectivity index is 1.54. The first-order valence-corrected chi connectivity index (χ1v) is 14.4. The van der Waals surface area contributed by atoms with Crippen molar-refractivity contribution in [2.24, 2.45) is 0 Å². The van der Waals surface area contributed by atoms with Crippen LogP contribution in [0.25, 0.3) is 11.2 Å². The number of imidazole rings is 1. The number of aromatic nitrogens is 4. The highest BCUT2D eigenvalue weighted by molar-refractivity contribution is 7.44. The lowest BCUT2D eigenvalue weighted by molar-refractivity contribution is -0.0166. The number of rotatable bonds is 12. The van der Waals surface area contributed by atoms with Crippen molar-refractivity contribution < 1.29 is 18.6 Å². The van der Waals surface area contributed by atoms with E-state index in [4.69, 9.17) is 19.0 Å². The molecule has 3 heterocycles. The molecule has 0 spiro atoms. The van der Waals surface area contributed by atoms with E-state index in [1.807, 2.05) is 10.6 Å². The van der Waals surface area contributed by atoms with E-state index < -0.39 is 8.53 Å². The maximum atomic E-state index is 12.7. The topological polar surface area (TPSA) is 127 Å². The van der Waals surface area contributed by atoms with Crippen molar-refractivity contribution in [3.63, 3.8) is 0 Å². The molecule has 0 saturated carbocycles. The molecule has 208 valence electrons. The van der Waals surface area contributed by atoms with E-state index in [1.165, 1.54) is 6.33 Å². The maximum absolute atomic E-state index is 12.7. The standard InChI is InChI=1S/C27H36N7O4P/c1-6-21-22(38-39(36-14-10-13-28)34(18(2)3)19(4)5)15-23(37-21)33-17-31-24-25(29-16-30-26(24)33)32-27(35)20-11-8-7-9-12-20/h7-9,11-12,16-19,21-23H,6,10,14-15H2,1-5H3,(H,29,30,32,35)/t21-,22-,23-,39?/m1/s1. The monoisotopic (exact) mass is 553 g/mol. The van der Waals surface area contributed by atoms with Gasteiger partial charge in [0.2, 0.25) is 0 Å². The molecule has 3 aromatic rings. The molecule has 1 unspecified atom stereocenters. The minimum Gasteiger partial charge on any atom is -0.352 e. The van der Waals surface area contributed by atoms with E-state index in [2.05, 4.69) is 65.6 Å². The van der Waals surface area contributed by atoms with Crippen LogP contribution in [0, 0.1) is 11.3 Å². The molecule has 1 aromatic carbocycles. The van der Waals surface area contributed by atoms with Crippen LogP contribution in [-0.2, 0) is 13.8 Å². The van der Waals surface area contributed by atoms with Crippen LogP contribution in [0.15, 0.2) is 43.0 Å². The highest BCUT2D eigenvalue weighted by Gasteiger charge is 2.40. The van der Waals surface area contributed by atoms with Gasteiger partial charge in [-0.1, -0.05) is 25.1 Å². The normalized spacial score (nSPS) is 20.1. The number of ether oxygens (including phenoxy) is 1. The summed E-state index contributed by atoms with van der Waals surface area (Å²) >= 11 is 0.